The minimum atomic E-state index is -4.66. The minimum Gasteiger partial charge on any atom is -0.756 e. The highest BCUT2D eigenvalue weighted by atomic mass is 31.2. The highest BCUT2D eigenvalue weighted by molar-refractivity contribution is 7.45. The van der Waals surface area contributed by atoms with E-state index in [9.17, 15) is 19.0 Å². The molecule has 0 N–H and O–H groups in total. The standard InChI is InChI=1S/C86H142NO8P/c1-6-8-10-12-14-16-18-20-22-24-26-28-30-32-34-36-38-39-40-41-42-43-44-45-46-47-49-51-53-55-57-59-61-63-65-67-69-71-73-75-77-79-86(89)95-84(83-94-96(90,91)93-81-80-87(3,4)5)82-92-85(88)78-76-74-72-70-68-66-64-62-60-58-56-54-52-50-48-37-35-33-31-29-27-25-23-21-19-17-15-13-11-9-7-2/h8-11,14-17,20-23,26-29,32-35,38-39,41-42,44-45,47-50,84H,6-7,12-13,18-19,24-25,30-31,36-37,40,43,46,51-83H2,1-5H3/b10-8-,11-9-,16-14-,17-15-,22-20-,23-21-,28-26-,29-27-,34-32-,35-33-,39-38-,42-41-,45-44-,49-47-,50-48-. The molecule has 0 aromatic rings. The van der Waals surface area contributed by atoms with E-state index in [0.29, 0.717) is 17.4 Å². The van der Waals surface area contributed by atoms with Crippen molar-refractivity contribution in [3.05, 3.63) is 182 Å². The molecule has 0 aromatic carbocycles. The molecule has 0 spiro atoms. The summed E-state index contributed by atoms with van der Waals surface area (Å²) in [4.78, 5) is 38.2. The fraction of sp³-hybridized carbons (Fsp3) is 0.628. The third kappa shape index (κ3) is 78.1. The first kappa shape index (κ1) is 91.1. The summed E-state index contributed by atoms with van der Waals surface area (Å²) in [5, 5.41) is 0. The molecule has 96 heavy (non-hydrogen) atoms. The lowest BCUT2D eigenvalue weighted by Crippen LogP contribution is -2.37. The van der Waals surface area contributed by atoms with Gasteiger partial charge in [0.05, 0.1) is 27.7 Å². The van der Waals surface area contributed by atoms with Gasteiger partial charge >= 0.3 is 11.9 Å². The van der Waals surface area contributed by atoms with E-state index in [1.54, 1.807) is 0 Å². The Labute approximate surface area is 591 Å². The van der Waals surface area contributed by atoms with Gasteiger partial charge in [-0.3, -0.25) is 14.2 Å². The number of allylic oxidation sites excluding steroid dienone is 30. The lowest BCUT2D eigenvalue weighted by molar-refractivity contribution is -0.870. The van der Waals surface area contributed by atoms with Crippen LogP contribution in [0.25, 0.3) is 0 Å². The Kier molecular flexibility index (Phi) is 70.5. The molecule has 0 bridgehead atoms. The van der Waals surface area contributed by atoms with Gasteiger partial charge in [-0.2, -0.15) is 0 Å². The normalized spacial score (nSPS) is 14.1. The molecule has 0 aromatic heterocycles. The molecular formula is C86H142NO8P. The van der Waals surface area contributed by atoms with Crippen molar-refractivity contribution in [2.75, 3.05) is 47.5 Å². The topological polar surface area (TPSA) is 111 Å². The predicted molar refractivity (Wildman–Crippen MR) is 415 cm³/mol. The summed E-state index contributed by atoms with van der Waals surface area (Å²) >= 11 is 0. The maximum Gasteiger partial charge on any atom is 0.306 e. The number of rotatable bonds is 69. The lowest BCUT2D eigenvalue weighted by Gasteiger charge is -2.28. The van der Waals surface area contributed by atoms with Gasteiger partial charge in [-0.05, 0) is 135 Å². The Hall–Kier alpha value is -4.89. The first-order chi connectivity index (χ1) is 47.0. The van der Waals surface area contributed by atoms with Gasteiger partial charge in [-0.1, -0.05) is 331 Å². The third-order valence-electron chi connectivity index (χ3n) is 15.9. The first-order valence-corrected chi connectivity index (χ1v) is 40.0. The molecule has 0 aliphatic heterocycles. The van der Waals surface area contributed by atoms with E-state index < -0.39 is 26.5 Å². The van der Waals surface area contributed by atoms with Crippen LogP contribution in [0.2, 0.25) is 0 Å². The minimum absolute atomic E-state index is 0.0387. The fourth-order valence-corrected chi connectivity index (χ4v) is 10.9. The number of nitrogens with zero attached hydrogens (tertiary/aromatic N) is 1. The van der Waals surface area contributed by atoms with Crippen LogP contribution in [0.3, 0.4) is 0 Å². The largest absolute Gasteiger partial charge is 0.756 e. The molecule has 0 heterocycles. The smallest absolute Gasteiger partial charge is 0.306 e. The Morgan fingerprint density at radius 2 is 0.562 bits per heavy atom. The van der Waals surface area contributed by atoms with E-state index in [2.05, 4.69) is 196 Å². The molecule has 10 heteroatoms. The molecule has 0 rings (SSSR count). The van der Waals surface area contributed by atoms with Crippen LogP contribution in [0.15, 0.2) is 182 Å². The molecule has 0 radical (unpaired) electrons. The van der Waals surface area contributed by atoms with Crippen molar-refractivity contribution in [1.82, 2.24) is 0 Å². The second-order valence-corrected chi connectivity index (χ2v) is 27.7. The molecule has 2 atom stereocenters. The number of phosphoric ester groups is 1. The van der Waals surface area contributed by atoms with Gasteiger partial charge in [-0.25, -0.2) is 0 Å². The van der Waals surface area contributed by atoms with Gasteiger partial charge in [0.25, 0.3) is 7.82 Å². The van der Waals surface area contributed by atoms with Crippen molar-refractivity contribution in [3.63, 3.8) is 0 Å². The van der Waals surface area contributed by atoms with Crippen molar-refractivity contribution in [3.8, 4) is 0 Å². The van der Waals surface area contributed by atoms with E-state index in [1.807, 2.05) is 21.1 Å². The van der Waals surface area contributed by atoms with Crippen molar-refractivity contribution < 1.29 is 42.1 Å². The highest BCUT2D eigenvalue weighted by Gasteiger charge is 2.22. The number of phosphoric acid groups is 1. The third-order valence-corrected chi connectivity index (χ3v) is 16.9. The van der Waals surface area contributed by atoms with Crippen LogP contribution in [0, 0.1) is 0 Å². The van der Waals surface area contributed by atoms with Crippen LogP contribution in [0.1, 0.15) is 296 Å². The lowest BCUT2D eigenvalue weighted by atomic mass is 10.0. The van der Waals surface area contributed by atoms with Crippen LogP contribution in [0.4, 0.5) is 0 Å². The number of esters is 2. The van der Waals surface area contributed by atoms with Crippen LogP contribution in [-0.2, 0) is 32.7 Å². The Balaban J connectivity index is 4.06. The quantitative estimate of drug-likeness (QED) is 0.0195. The first-order valence-electron chi connectivity index (χ1n) is 38.5. The van der Waals surface area contributed by atoms with Gasteiger partial charge in [-0.15, -0.1) is 0 Å². The number of ether oxygens (including phenoxy) is 2. The number of hydrogen-bond donors (Lipinski definition) is 0. The van der Waals surface area contributed by atoms with Crippen LogP contribution in [0.5, 0.6) is 0 Å². The molecule has 9 nitrogen and oxygen atoms in total. The highest BCUT2D eigenvalue weighted by Crippen LogP contribution is 2.38. The zero-order chi connectivity index (χ0) is 69.7. The van der Waals surface area contributed by atoms with E-state index in [-0.39, 0.29) is 32.0 Å². The molecule has 0 saturated heterocycles. The number of hydrogen-bond acceptors (Lipinski definition) is 8. The van der Waals surface area contributed by atoms with E-state index >= 15 is 0 Å². The second kappa shape index (κ2) is 74.3. The number of carbonyl (C=O) groups excluding carboxylic acids is 2. The number of carbonyl (C=O) groups is 2. The van der Waals surface area contributed by atoms with Gasteiger partial charge in [0.1, 0.15) is 19.8 Å². The Bertz CT molecular complexity index is 2280. The van der Waals surface area contributed by atoms with Gasteiger partial charge in [0.2, 0.25) is 0 Å². The molecular weight excluding hydrogens is 1210 g/mol. The molecule has 2 unspecified atom stereocenters. The zero-order valence-corrected chi connectivity index (χ0v) is 62.9. The van der Waals surface area contributed by atoms with Crippen LogP contribution >= 0.6 is 7.82 Å². The molecule has 544 valence electrons. The summed E-state index contributed by atoms with van der Waals surface area (Å²) < 4.78 is 34.4. The van der Waals surface area contributed by atoms with Crippen molar-refractivity contribution in [2.45, 2.75) is 302 Å². The number of unbranched alkanes of at least 4 members (excludes halogenated alkanes) is 25. The Morgan fingerprint density at radius 1 is 0.323 bits per heavy atom. The van der Waals surface area contributed by atoms with Crippen LogP contribution < -0.4 is 4.89 Å². The van der Waals surface area contributed by atoms with Crippen molar-refractivity contribution in [1.29, 1.82) is 0 Å². The fourth-order valence-electron chi connectivity index (χ4n) is 10.1. The summed E-state index contributed by atoms with van der Waals surface area (Å²) in [5.74, 6) is -0.841. The molecule has 0 fully saturated rings. The Morgan fingerprint density at radius 3 is 0.833 bits per heavy atom. The SMILES string of the molecule is CC/C=C\C/C=C\C/C=C\C/C=C\C/C=C\C/C=C\C/C=C\C/C=C\C/C=C\CCCCCCCCCCCCCCCC(=O)OC(COC(=O)CCCCCCCCCCCCCC/C=C\C/C=C\C/C=C\C/C=C\C/C=C\C/C=C\CC)COP(=O)([O-])OCC[N+](C)(C)C. The number of likely N-dealkylation sites (N-methyl/N-ethyl adjacent to an activating group) is 1. The molecule has 0 amide bonds. The van der Waals surface area contributed by atoms with Crippen molar-refractivity contribution >= 4 is 19.8 Å². The predicted octanol–water partition coefficient (Wildman–Crippen LogP) is 25.2. The van der Waals surface area contributed by atoms with Crippen LogP contribution in [-0.4, -0.2) is 70.0 Å². The van der Waals surface area contributed by atoms with Gasteiger partial charge in [0.15, 0.2) is 6.10 Å². The maximum absolute atomic E-state index is 12.9. The average Bonchev–Trinajstić information content (AvgIpc) is 2.54. The summed E-state index contributed by atoms with van der Waals surface area (Å²) in [6, 6.07) is 0. The summed E-state index contributed by atoms with van der Waals surface area (Å²) in [5.41, 5.74) is 0. The van der Waals surface area contributed by atoms with E-state index in [1.165, 1.54) is 122 Å². The summed E-state index contributed by atoms with van der Waals surface area (Å²) in [6.45, 7) is 4.01. The zero-order valence-electron chi connectivity index (χ0n) is 62.0. The summed E-state index contributed by atoms with van der Waals surface area (Å²) in [7, 11) is 1.15. The number of quaternary nitrogens is 1. The average molecular weight is 1350 g/mol. The summed E-state index contributed by atoms with van der Waals surface area (Å²) in [6.07, 6.45) is 114. The van der Waals surface area contributed by atoms with Gasteiger partial charge < -0.3 is 27.9 Å². The molecule has 0 aliphatic rings. The molecule has 0 saturated carbocycles. The van der Waals surface area contributed by atoms with Gasteiger partial charge in [0, 0.05) is 12.8 Å². The maximum atomic E-state index is 12.9. The monoisotopic (exact) mass is 1350 g/mol. The van der Waals surface area contributed by atoms with Crippen molar-refractivity contribution in [2.24, 2.45) is 0 Å². The molecule has 0 aliphatic carbocycles. The second-order valence-electron chi connectivity index (χ2n) is 26.3. The van der Waals surface area contributed by atoms with E-state index in [0.717, 1.165) is 141 Å². The van der Waals surface area contributed by atoms with E-state index in [4.69, 9.17) is 18.5 Å².